The number of morpholine rings is 1. The Balaban J connectivity index is 1.36. The van der Waals surface area contributed by atoms with Crippen LogP contribution in [0.3, 0.4) is 0 Å². The Morgan fingerprint density at radius 1 is 1.11 bits per heavy atom. The fourth-order valence-electron chi connectivity index (χ4n) is 3.00. The van der Waals surface area contributed by atoms with E-state index in [2.05, 4.69) is 30.5 Å². The van der Waals surface area contributed by atoms with Crippen LogP contribution < -0.4 is 10.6 Å². The minimum atomic E-state index is 0.503. The summed E-state index contributed by atoms with van der Waals surface area (Å²) in [5.74, 6) is 2.08. The Hall–Kier alpha value is -2.97. The molecule has 0 spiro atoms. The lowest BCUT2D eigenvalue weighted by Crippen LogP contribution is -2.39. The normalized spacial score (nSPS) is 14.8. The number of aryl methyl sites for hydroxylation is 1. The van der Waals surface area contributed by atoms with Gasteiger partial charge in [0.1, 0.15) is 17.3 Å². The van der Waals surface area contributed by atoms with Crippen molar-refractivity contribution in [3.63, 3.8) is 0 Å². The third kappa shape index (κ3) is 4.85. The van der Waals surface area contributed by atoms with Gasteiger partial charge in [-0.25, -0.2) is 15.0 Å². The molecule has 8 heteroatoms. The molecule has 4 heterocycles. The maximum Gasteiger partial charge on any atom is 0.295 e. The van der Waals surface area contributed by atoms with Gasteiger partial charge in [-0.1, -0.05) is 6.07 Å². The number of ether oxygens (including phenoxy) is 1. The van der Waals surface area contributed by atoms with Gasteiger partial charge in [-0.3, -0.25) is 4.90 Å². The van der Waals surface area contributed by atoms with E-state index in [1.54, 1.807) is 12.4 Å². The maximum absolute atomic E-state index is 5.81. The smallest absolute Gasteiger partial charge is 0.295 e. The van der Waals surface area contributed by atoms with Gasteiger partial charge in [0, 0.05) is 32.4 Å². The molecule has 1 aliphatic heterocycles. The number of oxazole rings is 1. The van der Waals surface area contributed by atoms with E-state index >= 15 is 0 Å². The Morgan fingerprint density at radius 2 is 2.00 bits per heavy atom. The van der Waals surface area contributed by atoms with E-state index in [1.807, 2.05) is 37.3 Å². The summed E-state index contributed by atoms with van der Waals surface area (Å²) in [6, 6.07) is 10.1. The van der Waals surface area contributed by atoms with Gasteiger partial charge in [-0.2, -0.15) is 0 Å². The van der Waals surface area contributed by atoms with Gasteiger partial charge in [0.15, 0.2) is 5.76 Å². The summed E-state index contributed by atoms with van der Waals surface area (Å²) in [5.41, 5.74) is 1.85. The quantitative estimate of drug-likeness (QED) is 0.647. The Labute approximate surface area is 164 Å². The predicted octanol–water partition coefficient (Wildman–Crippen LogP) is 2.93. The molecule has 146 valence electrons. The largest absolute Gasteiger partial charge is 0.422 e. The second kappa shape index (κ2) is 8.81. The molecule has 4 rings (SSSR count). The third-order valence-corrected chi connectivity index (χ3v) is 4.49. The van der Waals surface area contributed by atoms with E-state index in [1.165, 1.54) is 0 Å². The topological polar surface area (TPSA) is 88.3 Å². The van der Waals surface area contributed by atoms with Crippen LogP contribution in [0.1, 0.15) is 5.56 Å². The average Bonchev–Trinajstić information content (AvgIpc) is 3.18. The molecule has 0 saturated carbocycles. The number of nitrogens with one attached hydrogen (secondary N) is 2. The van der Waals surface area contributed by atoms with Gasteiger partial charge in [-0.15, -0.1) is 0 Å². The van der Waals surface area contributed by atoms with Crippen molar-refractivity contribution < 1.29 is 9.15 Å². The van der Waals surface area contributed by atoms with Crippen LogP contribution in [0.2, 0.25) is 0 Å². The highest BCUT2D eigenvalue weighted by Crippen LogP contribution is 2.23. The molecule has 0 amide bonds. The Kier molecular flexibility index (Phi) is 5.79. The van der Waals surface area contributed by atoms with Crippen molar-refractivity contribution in [1.29, 1.82) is 0 Å². The van der Waals surface area contributed by atoms with Gasteiger partial charge in [0.25, 0.3) is 6.01 Å². The highest BCUT2D eigenvalue weighted by molar-refractivity contribution is 5.59. The van der Waals surface area contributed by atoms with Crippen LogP contribution in [0, 0.1) is 6.92 Å². The summed E-state index contributed by atoms with van der Waals surface area (Å²) >= 11 is 0. The number of pyridine rings is 2. The van der Waals surface area contributed by atoms with Crippen molar-refractivity contribution in [2.45, 2.75) is 6.92 Å². The van der Waals surface area contributed by atoms with Gasteiger partial charge < -0.3 is 19.8 Å². The molecular formula is C20H24N6O2. The van der Waals surface area contributed by atoms with Crippen molar-refractivity contribution in [1.82, 2.24) is 19.9 Å². The van der Waals surface area contributed by atoms with E-state index in [0.29, 0.717) is 23.3 Å². The summed E-state index contributed by atoms with van der Waals surface area (Å²) in [4.78, 5) is 15.6. The summed E-state index contributed by atoms with van der Waals surface area (Å²) in [6.07, 6.45) is 3.46. The first-order valence-corrected chi connectivity index (χ1v) is 9.43. The molecule has 1 fully saturated rings. The van der Waals surface area contributed by atoms with Crippen molar-refractivity contribution in [2.75, 3.05) is 50.0 Å². The fourth-order valence-corrected chi connectivity index (χ4v) is 3.00. The molecule has 3 aromatic heterocycles. The molecule has 0 radical (unpaired) electrons. The highest BCUT2D eigenvalue weighted by Gasteiger charge is 2.11. The molecule has 1 saturated heterocycles. The van der Waals surface area contributed by atoms with Crippen molar-refractivity contribution >= 4 is 17.7 Å². The van der Waals surface area contributed by atoms with E-state index in [9.17, 15) is 0 Å². The van der Waals surface area contributed by atoms with E-state index in [4.69, 9.17) is 9.15 Å². The summed E-state index contributed by atoms with van der Waals surface area (Å²) in [7, 11) is 0. The number of anilines is 3. The standard InChI is InChI=1S/C20H24N6O2/c1-15-5-6-21-19(13-15)25-18-4-2-3-16(24-18)17-14-23-20(28-17)22-7-8-26-9-11-27-12-10-26/h2-6,13-14H,7-12H2,1H3,(H,22,23)(H,21,24,25). The van der Waals surface area contributed by atoms with Crippen LogP contribution in [0.25, 0.3) is 11.5 Å². The van der Waals surface area contributed by atoms with Gasteiger partial charge in [0.2, 0.25) is 0 Å². The van der Waals surface area contributed by atoms with Gasteiger partial charge in [0.05, 0.1) is 19.4 Å². The first-order valence-electron chi connectivity index (χ1n) is 9.43. The molecule has 8 nitrogen and oxygen atoms in total. The number of rotatable bonds is 7. The van der Waals surface area contributed by atoms with Crippen LogP contribution >= 0.6 is 0 Å². The molecule has 0 atom stereocenters. The van der Waals surface area contributed by atoms with Crippen molar-refractivity contribution in [2.24, 2.45) is 0 Å². The molecule has 0 aliphatic carbocycles. The first kappa shape index (κ1) is 18.4. The maximum atomic E-state index is 5.81. The zero-order valence-corrected chi connectivity index (χ0v) is 15.9. The molecule has 28 heavy (non-hydrogen) atoms. The van der Waals surface area contributed by atoms with Gasteiger partial charge >= 0.3 is 0 Å². The summed E-state index contributed by atoms with van der Waals surface area (Å²) in [6.45, 7) is 7.28. The molecule has 0 unspecified atom stereocenters. The van der Waals surface area contributed by atoms with E-state index < -0.39 is 0 Å². The number of aromatic nitrogens is 3. The minimum absolute atomic E-state index is 0.503. The molecular weight excluding hydrogens is 356 g/mol. The van der Waals surface area contributed by atoms with E-state index in [-0.39, 0.29) is 0 Å². The van der Waals surface area contributed by atoms with E-state index in [0.717, 1.165) is 50.8 Å². The lowest BCUT2D eigenvalue weighted by Gasteiger charge is -2.26. The Bertz CT molecular complexity index is 907. The highest BCUT2D eigenvalue weighted by atomic mass is 16.5. The lowest BCUT2D eigenvalue weighted by molar-refractivity contribution is 0.0398. The van der Waals surface area contributed by atoms with Crippen molar-refractivity contribution in [3.8, 4) is 11.5 Å². The van der Waals surface area contributed by atoms with Crippen LogP contribution in [-0.4, -0.2) is 59.2 Å². The zero-order valence-electron chi connectivity index (χ0n) is 15.9. The summed E-state index contributed by atoms with van der Waals surface area (Å²) in [5, 5.41) is 6.45. The Morgan fingerprint density at radius 3 is 2.86 bits per heavy atom. The second-order valence-electron chi connectivity index (χ2n) is 6.66. The number of hydrogen-bond acceptors (Lipinski definition) is 8. The first-order chi connectivity index (χ1) is 13.8. The number of nitrogens with zero attached hydrogens (tertiary/aromatic N) is 4. The minimum Gasteiger partial charge on any atom is -0.422 e. The predicted molar refractivity (Wildman–Crippen MR) is 108 cm³/mol. The zero-order chi connectivity index (χ0) is 19.2. The molecule has 2 N–H and O–H groups in total. The third-order valence-electron chi connectivity index (χ3n) is 4.49. The van der Waals surface area contributed by atoms with Crippen LogP contribution in [0.15, 0.2) is 47.1 Å². The van der Waals surface area contributed by atoms with Crippen LogP contribution in [0.5, 0.6) is 0 Å². The SMILES string of the molecule is Cc1ccnc(Nc2cccc(-c3cnc(NCCN4CCOCC4)o3)n2)c1. The molecule has 0 bridgehead atoms. The number of hydrogen-bond donors (Lipinski definition) is 2. The molecule has 1 aliphatic rings. The summed E-state index contributed by atoms with van der Waals surface area (Å²) < 4.78 is 11.2. The second-order valence-corrected chi connectivity index (χ2v) is 6.66. The van der Waals surface area contributed by atoms with Gasteiger partial charge in [-0.05, 0) is 36.8 Å². The van der Waals surface area contributed by atoms with Crippen molar-refractivity contribution in [3.05, 3.63) is 48.3 Å². The molecule has 3 aromatic rings. The van der Waals surface area contributed by atoms with Crippen LogP contribution in [-0.2, 0) is 4.74 Å². The fraction of sp³-hybridized carbons (Fsp3) is 0.350. The monoisotopic (exact) mass is 380 g/mol. The molecule has 0 aromatic carbocycles. The lowest BCUT2D eigenvalue weighted by atomic mass is 10.3. The average molecular weight is 380 g/mol. The van der Waals surface area contributed by atoms with Crippen LogP contribution in [0.4, 0.5) is 17.7 Å².